The molecule has 0 heterocycles. The number of hydrogen-bond acceptors (Lipinski definition) is 4. The SMILES string of the molecule is CCC(Br)Cc1ccc(S(C)(=O)=O)cc1S(C)(=O)=O. The van der Waals surface area contributed by atoms with Gasteiger partial charge in [0.1, 0.15) is 0 Å². The highest BCUT2D eigenvalue weighted by Crippen LogP contribution is 2.24. The van der Waals surface area contributed by atoms with E-state index in [9.17, 15) is 16.8 Å². The lowest BCUT2D eigenvalue weighted by molar-refractivity contribution is 0.598. The summed E-state index contributed by atoms with van der Waals surface area (Å²) < 4.78 is 46.6. The van der Waals surface area contributed by atoms with Crippen LogP contribution in [0.3, 0.4) is 0 Å². The molecule has 0 N–H and O–H groups in total. The first-order chi connectivity index (χ1) is 8.55. The van der Waals surface area contributed by atoms with Crippen LogP contribution in [-0.4, -0.2) is 34.2 Å². The summed E-state index contributed by atoms with van der Waals surface area (Å²) in [5, 5.41) is 0. The summed E-state index contributed by atoms with van der Waals surface area (Å²) in [6.07, 6.45) is 3.56. The zero-order valence-corrected chi connectivity index (χ0v) is 14.3. The normalized spacial score (nSPS) is 14.3. The average molecular weight is 369 g/mol. The van der Waals surface area contributed by atoms with Gasteiger partial charge >= 0.3 is 0 Å². The van der Waals surface area contributed by atoms with Crippen molar-refractivity contribution in [3.63, 3.8) is 0 Å². The zero-order valence-electron chi connectivity index (χ0n) is 11.1. The molecule has 0 saturated carbocycles. The number of hydrogen-bond donors (Lipinski definition) is 0. The molecule has 108 valence electrons. The quantitative estimate of drug-likeness (QED) is 0.747. The monoisotopic (exact) mass is 368 g/mol. The topological polar surface area (TPSA) is 68.3 Å². The Hall–Kier alpha value is -0.400. The summed E-state index contributed by atoms with van der Waals surface area (Å²) >= 11 is 3.46. The van der Waals surface area contributed by atoms with Crippen LogP contribution in [0.15, 0.2) is 28.0 Å². The molecule has 1 atom stereocenters. The van der Waals surface area contributed by atoms with Crippen molar-refractivity contribution >= 4 is 35.6 Å². The Kier molecular flexibility index (Phi) is 5.20. The van der Waals surface area contributed by atoms with Gasteiger partial charge in [0.25, 0.3) is 0 Å². The van der Waals surface area contributed by atoms with Crippen LogP contribution >= 0.6 is 15.9 Å². The molecule has 0 spiro atoms. The van der Waals surface area contributed by atoms with Crippen LogP contribution in [0.5, 0.6) is 0 Å². The van der Waals surface area contributed by atoms with Gasteiger partial charge in [0.2, 0.25) is 0 Å². The average Bonchev–Trinajstić information content (AvgIpc) is 2.26. The molecule has 4 nitrogen and oxygen atoms in total. The van der Waals surface area contributed by atoms with Crippen molar-refractivity contribution in [2.75, 3.05) is 12.5 Å². The number of alkyl halides is 1. The number of benzene rings is 1. The maximum Gasteiger partial charge on any atom is 0.175 e. The molecule has 1 aromatic rings. The lowest BCUT2D eigenvalue weighted by Crippen LogP contribution is -2.09. The van der Waals surface area contributed by atoms with Crippen molar-refractivity contribution in [3.8, 4) is 0 Å². The predicted octanol–water partition coefficient (Wildman–Crippen LogP) is 2.21. The Bertz CT molecular complexity index is 663. The molecule has 0 bridgehead atoms. The van der Waals surface area contributed by atoms with Gasteiger partial charge in [0.05, 0.1) is 9.79 Å². The second-order valence-electron chi connectivity index (χ2n) is 4.52. The Labute approximate surface area is 123 Å². The summed E-state index contributed by atoms with van der Waals surface area (Å²) in [4.78, 5) is 0.282. The first-order valence-corrected chi connectivity index (χ1v) is 10.4. The molecular formula is C12H17BrO4S2. The van der Waals surface area contributed by atoms with E-state index in [1.807, 2.05) is 6.92 Å². The molecule has 0 aliphatic heterocycles. The van der Waals surface area contributed by atoms with Crippen LogP contribution in [0, 0.1) is 0 Å². The highest BCUT2D eigenvalue weighted by molar-refractivity contribution is 9.09. The van der Waals surface area contributed by atoms with Crippen LogP contribution in [0.1, 0.15) is 18.9 Å². The summed E-state index contributed by atoms with van der Waals surface area (Å²) in [5.41, 5.74) is 0.638. The lowest BCUT2D eigenvalue weighted by Gasteiger charge is -2.12. The van der Waals surface area contributed by atoms with Gasteiger partial charge in [-0.15, -0.1) is 0 Å². The van der Waals surface area contributed by atoms with Gasteiger partial charge in [-0.1, -0.05) is 28.9 Å². The van der Waals surface area contributed by atoms with Crippen molar-refractivity contribution < 1.29 is 16.8 Å². The molecule has 0 amide bonds. The Balaban J connectivity index is 3.42. The fraction of sp³-hybridized carbons (Fsp3) is 0.500. The molecule has 19 heavy (non-hydrogen) atoms. The van der Waals surface area contributed by atoms with E-state index in [1.54, 1.807) is 6.07 Å². The molecule has 1 aromatic carbocycles. The van der Waals surface area contributed by atoms with Gasteiger partial charge in [-0.2, -0.15) is 0 Å². The van der Waals surface area contributed by atoms with Crippen LogP contribution in [0.4, 0.5) is 0 Å². The van der Waals surface area contributed by atoms with E-state index in [0.29, 0.717) is 12.0 Å². The smallest absolute Gasteiger partial charge is 0.175 e. The molecule has 0 saturated heterocycles. The van der Waals surface area contributed by atoms with E-state index in [1.165, 1.54) is 12.1 Å². The highest BCUT2D eigenvalue weighted by atomic mass is 79.9. The van der Waals surface area contributed by atoms with Crippen LogP contribution < -0.4 is 0 Å². The van der Waals surface area contributed by atoms with Crippen molar-refractivity contribution in [2.24, 2.45) is 0 Å². The second kappa shape index (κ2) is 5.93. The first kappa shape index (κ1) is 16.7. The summed E-state index contributed by atoms with van der Waals surface area (Å²) in [7, 11) is -6.87. The van der Waals surface area contributed by atoms with Gasteiger partial charge in [-0.3, -0.25) is 0 Å². The molecule has 0 fully saturated rings. The minimum absolute atomic E-state index is 0.0271. The van der Waals surface area contributed by atoms with E-state index in [0.717, 1.165) is 18.9 Å². The van der Waals surface area contributed by atoms with E-state index in [4.69, 9.17) is 0 Å². The molecule has 0 radical (unpaired) electrons. The third-order valence-electron chi connectivity index (χ3n) is 2.75. The van der Waals surface area contributed by atoms with E-state index < -0.39 is 19.7 Å². The molecule has 7 heteroatoms. The zero-order chi connectivity index (χ0) is 14.8. The molecular weight excluding hydrogens is 352 g/mol. The van der Waals surface area contributed by atoms with E-state index in [-0.39, 0.29) is 14.6 Å². The summed E-state index contributed by atoms with van der Waals surface area (Å²) in [5.74, 6) is 0. The van der Waals surface area contributed by atoms with Crippen molar-refractivity contribution in [1.82, 2.24) is 0 Å². The number of rotatable bonds is 5. The van der Waals surface area contributed by atoms with Crippen molar-refractivity contribution in [1.29, 1.82) is 0 Å². The van der Waals surface area contributed by atoms with Gasteiger partial charge in [-0.05, 0) is 30.5 Å². The highest BCUT2D eigenvalue weighted by Gasteiger charge is 2.19. The molecule has 0 aliphatic rings. The first-order valence-electron chi connectivity index (χ1n) is 5.72. The Morgan fingerprint density at radius 2 is 1.68 bits per heavy atom. The van der Waals surface area contributed by atoms with Crippen LogP contribution in [0.2, 0.25) is 0 Å². The van der Waals surface area contributed by atoms with Crippen LogP contribution in [0.25, 0.3) is 0 Å². The molecule has 1 unspecified atom stereocenters. The van der Waals surface area contributed by atoms with Crippen molar-refractivity contribution in [2.45, 2.75) is 34.4 Å². The summed E-state index contributed by atoms with van der Waals surface area (Å²) in [6, 6.07) is 4.28. The minimum atomic E-state index is -3.46. The van der Waals surface area contributed by atoms with Gasteiger partial charge < -0.3 is 0 Å². The van der Waals surface area contributed by atoms with Crippen LogP contribution in [-0.2, 0) is 26.1 Å². The Morgan fingerprint density at radius 3 is 2.11 bits per heavy atom. The van der Waals surface area contributed by atoms with Gasteiger partial charge in [0, 0.05) is 17.3 Å². The molecule has 0 aliphatic carbocycles. The maximum atomic E-state index is 11.8. The molecule has 1 rings (SSSR count). The molecule has 0 aromatic heterocycles. The Morgan fingerprint density at radius 1 is 1.11 bits per heavy atom. The van der Waals surface area contributed by atoms with E-state index >= 15 is 0 Å². The van der Waals surface area contributed by atoms with E-state index in [2.05, 4.69) is 15.9 Å². The lowest BCUT2D eigenvalue weighted by atomic mass is 10.1. The fourth-order valence-corrected chi connectivity index (χ4v) is 3.70. The third-order valence-corrected chi connectivity index (χ3v) is 6.01. The fourth-order valence-electron chi connectivity index (χ4n) is 1.66. The second-order valence-corrected chi connectivity index (χ2v) is 9.82. The minimum Gasteiger partial charge on any atom is -0.224 e. The van der Waals surface area contributed by atoms with Gasteiger partial charge in [0.15, 0.2) is 19.7 Å². The van der Waals surface area contributed by atoms with Crippen molar-refractivity contribution in [3.05, 3.63) is 23.8 Å². The number of halogens is 1. The standard InChI is InChI=1S/C12H17BrO4S2/c1-4-10(13)7-9-5-6-11(18(2,14)15)8-12(9)19(3,16)17/h5-6,8,10H,4,7H2,1-3H3. The summed E-state index contributed by atoms with van der Waals surface area (Å²) in [6.45, 7) is 1.99. The largest absolute Gasteiger partial charge is 0.224 e. The van der Waals surface area contributed by atoms with Gasteiger partial charge in [-0.25, -0.2) is 16.8 Å². The maximum absolute atomic E-state index is 11.8. The third kappa shape index (κ3) is 4.57. The predicted molar refractivity (Wildman–Crippen MR) is 79.4 cm³/mol. The number of sulfone groups is 2.